The van der Waals surface area contributed by atoms with E-state index in [0.29, 0.717) is 18.7 Å². The Balaban J connectivity index is 1.52. The van der Waals surface area contributed by atoms with Crippen LogP contribution < -0.4 is 11.1 Å². The number of likely N-dealkylation sites (tertiary alicyclic amines) is 1. The van der Waals surface area contributed by atoms with Gasteiger partial charge in [-0.1, -0.05) is 0 Å². The summed E-state index contributed by atoms with van der Waals surface area (Å²) in [5.41, 5.74) is 7.09. The van der Waals surface area contributed by atoms with Crippen LogP contribution in [0.4, 0.5) is 0 Å². The average Bonchev–Trinajstić information content (AvgIpc) is 2.95. The molecule has 0 spiro atoms. The number of pyridine rings is 1. The lowest BCUT2D eigenvalue weighted by atomic mass is 9.96. The van der Waals surface area contributed by atoms with E-state index < -0.39 is 0 Å². The topological polar surface area (TPSA) is 99.9 Å². The summed E-state index contributed by atoms with van der Waals surface area (Å²) >= 11 is 3.38. The molecule has 1 saturated heterocycles. The summed E-state index contributed by atoms with van der Waals surface area (Å²) in [6.45, 7) is 3.87. The van der Waals surface area contributed by atoms with Crippen molar-refractivity contribution in [1.29, 1.82) is 0 Å². The molecule has 3 heterocycles. The van der Waals surface area contributed by atoms with Crippen molar-refractivity contribution >= 4 is 33.0 Å². The number of hydrogen-bond donors (Lipinski definition) is 3. The third-order valence-electron chi connectivity index (χ3n) is 4.19. The second-order valence-corrected chi connectivity index (χ2v) is 6.75. The van der Waals surface area contributed by atoms with Gasteiger partial charge < -0.3 is 20.9 Å². The van der Waals surface area contributed by atoms with E-state index in [4.69, 9.17) is 5.73 Å². The highest BCUT2D eigenvalue weighted by molar-refractivity contribution is 9.10. The number of nitrogens with one attached hydrogen (secondary N) is 2. The minimum absolute atomic E-state index is 0.0840. The zero-order valence-electron chi connectivity index (χ0n) is 12.9. The molecule has 4 N–H and O–H groups in total. The lowest BCUT2D eigenvalue weighted by Crippen LogP contribution is -2.42. The van der Waals surface area contributed by atoms with Crippen molar-refractivity contribution in [3.63, 3.8) is 0 Å². The number of nitrogens with zero attached hydrogens (tertiary/aromatic N) is 3. The zero-order chi connectivity index (χ0) is 16.2. The summed E-state index contributed by atoms with van der Waals surface area (Å²) in [6, 6.07) is 1.92. The van der Waals surface area contributed by atoms with Crippen LogP contribution in [0.3, 0.4) is 0 Å². The molecule has 1 fully saturated rings. The predicted molar refractivity (Wildman–Crippen MR) is 91.7 cm³/mol. The van der Waals surface area contributed by atoms with E-state index >= 15 is 0 Å². The molecule has 124 valence electrons. The van der Waals surface area contributed by atoms with Crippen LogP contribution in [0, 0.1) is 5.92 Å². The number of aromatic amines is 1. The maximum Gasteiger partial charge on any atom is 0.223 e. The molecule has 1 amide bonds. The lowest BCUT2D eigenvalue weighted by Gasteiger charge is -2.30. The molecule has 0 atom stereocenters. The van der Waals surface area contributed by atoms with E-state index in [2.05, 4.69) is 41.1 Å². The molecule has 7 nitrogen and oxygen atoms in total. The normalized spacial score (nSPS) is 16.8. The summed E-state index contributed by atoms with van der Waals surface area (Å²) in [5, 5.41) is 2.98. The molecule has 2 aromatic rings. The quantitative estimate of drug-likeness (QED) is 0.718. The van der Waals surface area contributed by atoms with Gasteiger partial charge in [0, 0.05) is 29.7 Å². The van der Waals surface area contributed by atoms with Crippen molar-refractivity contribution in [2.45, 2.75) is 19.4 Å². The Morgan fingerprint density at radius 2 is 2.26 bits per heavy atom. The van der Waals surface area contributed by atoms with Crippen molar-refractivity contribution in [2.75, 3.05) is 26.2 Å². The molecule has 2 aromatic heterocycles. The number of halogens is 1. The first-order chi connectivity index (χ1) is 11.2. The van der Waals surface area contributed by atoms with E-state index in [-0.39, 0.29) is 11.8 Å². The van der Waals surface area contributed by atoms with E-state index in [9.17, 15) is 4.79 Å². The van der Waals surface area contributed by atoms with Gasteiger partial charge in [0.1, 0.15) is 5.82 Å². The largest absolute Gasteiger partial charge is 0.349 e. The highest BCUT2D eigenvalue weighted by Crippen LogP contribution is 2.18. The van der Waals surface area contributed by atoms with Gasteiger partial charge in [0.15, 0.2) is 5.65 Å². The maximum atomic E-state index is 12.3. The van der Waals surface area contributed by atoms with Gasteiger partial charge in [-0.3, -0.25) is 4.79 Å². The number of H-pyrrole nitrogens is 1. The van der Waals surface area contributed by atoms with Gasteiger partial charge >= 0.3 is 0 Å². The van der Waals surface area contributed by atoms with Crippen LogP contribution in [-0.2, 0) is 11.3 Å². The average molecular weight is 381 g/mol. The molecule has 0 radical (unpaired) electrons. The number of rotatable bonds is 5. The van der Waals surface area contributed by atoms with Gasteiger partial charge in [0.05, 0.1) is 12.1 Å². The number of carbonyl (C=O) groups is 1. The Bertz CT molecular complexity index is 680. The van der Waals surface area contributed by atoms with Crippen LogP contribution in [0.5, 0.6) is 0 Å². The Hall–Kier alpha value is -1.51. The van der Waals surface area contributed by atoms with Gasteiger partial charge in [-0.15, -0.1) is 0 Å². The summed E-state index contributed by atoms with van der Waals surface area (Å²) in [6.07, 6.45) is 3.49. The smallest absolute Gasteiger partial charge is 0.223 e. The minimum atomic E-state index is 0.0840. The van der Waals surface area contributed by atoms with Crippen LogP contribution in [-0.4, -0.2) is 51.9 Å². The number of imidazole rings is 1. The molecule has 0 aliphatic carbocycles. The summed E-state index contributed by atoms with van der Waals surface area (Å²) in [4.78, 5) is 26.4. The summed E-state index contributed by atoms with van der Waals surface area (Å²) in [5.74, 6) is 0.909. The van der Waals surface area contributed by atoms with Gasteiger partial charge in [0.2, 0.25) is 5.91 Å². The first kappa shape index (κ1) is 16.4. The number of hydrogen-bond acceptors (Lipinski definition) is 5. The molecule has 8 heteroatoms. The molecule has 0 aromatic carbocycles. The second-order valence-electron chi connectivity index (χ2n) is 5.83. The lowest BCUT2D eigenvalue weighted by molar-refractivity contribution is -0.126. The molecule has 3 rings (SSSR count). The van der Waals surface area contributed by atoms with Gasteiger partial charge in [-0.05, 0) is 47.9 Å². The Kier molecular flexibility index (Phi) is 5.24. The standard InChI is InChI=1S/C15H21BrN6O/c16-11-7-12-14(18-8-11)21-13(20-12)9-19-15(23)10-1-4-22(5-2-10)6-3-17/h7-8,10H,1-6,9,17H2,(H,19,23)(H,18,20,21). The van der Waals surface area contributed by atoms with Crippen molar-refractivity contribution < 1.29 is 4.79 Å². The third kappa shape index (κ3) is 4.07. The Morgan fingerprint density at radius 1 is 1.48 bits per heavy atom. The SMILES string of the molecule is NCCN1CCC(C(=O)NCc2nc3ncc(Br)cc3[nH]2)CC1. The van der Waals surface area contributed by atoms with E-state index in [1.54, 1.807) is 6.20 Å². The number of fused-ring (bicyclic) bond motifs is 1. The van der Waals surface area contributed by atoms with Crippen LogP contribution in [0.1, 0.15) is 18.7 Å². The van der Waals surface area contributed by atoms with Crippen molar-refractivity contribution in [1.82, 2.24) is 25.2 Å². The van der Waals surface area contributed by atoms with Gasteiger partial charge in [-0.2, -0.15) is 0 Å². The molecular weight excluding hydrogens is 360 g/mol. The number of aromatic nitrogens is 3. The predicted octanol–water partition coefficient (Wildman–Crippen LogP) is 1.01. The van der Waals surface area contributed by atoms with Crippen molar-refractivity contribution in [2.24, 2.45) is 11.7 Å². The van der Waals surface area contributed by atoms with Crippen LogP contribution in [0.2, 0.25) is 0 Å². The highest BCUT2D eigenvalue weighted by Gasteiger charge is 2.24. The zero-order valence-corrected chi connectivity index (χ0v) is 14.5. The number of carbonyl (C=O) groups excluding carboxylic acids is 1. The van der Waals surface area contributed by atoms with E-state index in [1.165, 1.54) is 0 Å². The van der Waals surface area contributed by atoms with Crippen molar-refractivity contribution in [3.05, 3.63) is 22.6 Å². The highest BCUT2D eigenvalue weighted by atomic mass is 79.9. The first-order valence-corrected chi connectivity index (χ1v) is 8.65. The van der Waals surface area contributed by atoms with Gasteiger partial charge in [-0.25, -0.2) is 9.97 Å². The van der Waals surface area contributed by atoms with Crippen LogP contribution in [0.15, 0.2) is 16.7 Å². The van der Waals surface area contributed by atoms with Crippen LogP contribution >= 0.6 is 15.9 Å². The molecule has 0 bridgehead atoms. The van der Waals surface area contributed by atoms with Gasteiger partial charge in [0.25, 0.3) is 0 Å². The Labute approximate surface area is 143 Å². The van der Waals surface area contributed by atoms with E-state index in [0.717, 1.165) is 48.3 Å². The molecule has 1 aliphatic heterocycles. The molecule has 23 heavy (non-hydrogen) atoms. The molecule has 0 saturated carbocycles. The summed E-state index contributed by atoms with van der Waals surface area (Å²) < 4.78 is 0.897. The summed E-state index contributed by atoms with van der Waals surface area (Å²) in [7, 11) is 0. The van der Waals surface area contributed by atoms with E-state index in [1.807, 2.05) is 6.07 Å². The number of nitrogens with two attached hydrogens (primary N) is 1. The minimum Gasteiger partial charge on any atom is -0.349 e. The maximum absolute atomic E-state index is 12.3. The fourth-order valence-corrected chi connectivity index (χ4v) is 3.26. The Morgan fingerprint density at radius 3 is 3.00 bits per heavy atom. The monoisotopic (exact) mass is 380 g/mol. The third-order valence-corrected chi connectivity index (χ3v) is 4.62. The van der Waals surface area contributed by atoms with Crippen molar-refractivity contribution in [3.8, 4) is 0 Å². The fraction of sp³-hybridized carbons (Fsp3) is 0.533. The van der Waals surface area contributed by atoms with Crippen LogP contribution in [0.25, 0.3) is 11.2 Å². The molecule has 1 aliphatic rings. The number of piperidine rings is 1. The fourth-order valence-electron chi connectivity index (χ4n) is 2.92. The first-order valence-electron chi connectivity index (χ1n) is 7.86. The molecular formula is C15H21BrN6O. The number of amides is 1. The molecule has 0 unspecified atom stereocenters. The second kappa shape index (κ2) is 7.37.